The van der Waals surface area contributed by atoms with Crippen molar-refractivity contribution < 1.29 is 4.79 Å². The molecular weight excluding hydrogens is 198 g/mol. The molecule has 0 fully saturated rings. The zero-order chi connectivity index (χ0) is 11.4. The van der Waals surface area contributed by atoms with Crippen LogP contribution in [-0.2, 0) is 0 Å². The van der Waals surface area contributed by atoms with E-state index in [2.05, 4.69) is 11.1 Å². The van der Waals surface area contributed by atoms with Crippen LogP contribution in [0, 0.1) is 6.92 Å². The maximum atomic E-state index is 12.3. The second kappa shape index (κ2) is 5.06. The third kappa shape index (κ3) is 2.38. The summed E-state index contributed by atoms with van der Waals surface area (Å²) in [6.07, 6.45) is 11.1. The van der Waals surface area contributed by atoms with Crippen molar-refractivity contribution in [3.8, 4) is 0 Å². The number of carbonyl (C=O) groups excluding carboxylic acids is 1. The van der Waals surface area contributed by atoms with E-state index in [0.717, 1.165) is 36.0 Å². The Hall–Kier alpha value is -1.44. The molecule has 1 aromatic heterocycles. The third-order valence-electron chi connectivity index (χ3n) is 3.12. The molecule has 0 saturated carbocycles. The van der Waals surface area contributed by atoms with Crippen LogP contribution in [0.1, 0.15) is 48.0 Å². The summed E-state index contributed by atoms with van der Waals surface area (Å²) in [5.41, 5.74) is 2.76. The highest BCUT2D eigenvalue weighted by atomic mass is 16.1. The van der Waals surface area contributed by atoms with Crippen LogP contribution < -0.4 is 0 Å². The van der Waals surface area contributed by atoms with Crippen LogP contribution in [0.2, 0.25) is 0 Å². The Kier molecular flexibility index (Phi) is 3.50. The van der Waals surface area contributed by atoms with Crippen LogP contribution >= 0.6 is 0 Å². The Bertz CT molecular complexity index is 420. The number of hydrogen-bond donors (Lipinski definition) is 0. The third-order valence-corrected chi connectivity index (χ3v) is 3.12. The number of hydrogen-bond acceptors (Lipinski definition) is 2. The first-order chi connectivity index (χ1) is 7.79. The van der Waals surface area contributed by atoms with Crippen LogP contribution in [0.25, 0.3) is 0 Å². The van der Waals surface area contributed by atoms with Gasteiger partial charge in [-0.2, -0.15) is 0 Å². The van der Waals surface area contributed by atoms with Gasteiger partial charge in [0.05, 0.1) is 0 Å². The summed E-state index contributed by atoms with van der Waals surface area (Å²) in [4.78, 5) is 16.3. The van der Waals surface area contributed by atoms with Gasteiger partial charge in [-0.05, 0) is 49.8 Å². The molecule has 0 bridgehead atoms. The number of Topliss-reactive ketones (excluding diaryl/α,β-unsaturated/α-hetero) is 1. The van der Waals surface area contributed by atoms with Crippen LogP contribution in [0.3, 0.4) is 0 Å². The summed E-state index contributed by atoms with van der Waals surface area (Å²) in [5, 5.41) is 0. The first-order valence-electron chi connectivity index (χ1n) is 5.93. The molecule has 0 atom stereocenters. The predicted molar refractivity (Wildman–Crippen MR) is 64.5 cm³/mol. The topological polar surface area (TPSA) is 30.0 Å². The summed E-state index contributed by atoms with van der Waals surface area (Å²) in [5.74, 6) is 0.174. The standard InChI is InChI=1S/C14H17NO/c1-11-8-9-15-10-13(11)14(16)12-6-4-2-3-5-7-12/h6,8-10H,2-5,7H2,1H3. The quantitative estimate of drug-likeness (QED) is 0.707. The Morgan fingerprint density at radius 3 is 3.00 bits per heavy atom. The Morgan fingerprint density at radius 1 is 1.31 bits per heavy atom. The molecule has 1 aliphatic rings. The summed E-state index contributed by atoms with van der Waals surface area (Å²) in [6.45, 7) is 1.96. The number of pyridine rings is 1. The zero-order valence-electron chi connectivity index (χ0n) is 9.70. The molecule has 0 spiro atoms. The number of nitrogens with zero attached hydrogens (tertiary/aromatic N) is 1. The van der Waals surface area contributed by atoms with E-state index in [1.165, 1.54) is 12.8 Å². The number of ketones is 1. The van der Waals surface area contributed by atoms with Gasteiger partial charge < -0.3 is 0 Å². The molecule has 0 N–H and O–H groups in total. The van der Waals surface area contributed by atoms with Crippen molar-refractivity contribution in [2.45, 2.75) is 39.0 Å². The van der Waals surface area contributed by atoms with E-state index in [1.807, 2.05) is 13.0 Å². The first-order valence-corrected chi connectivity index (χ1v) is 5.93. The minimum Gasteiger partial charge on any atom is -0.289 e. The van der Waals surface area contributed by atoms with Crippen LogP contribution in [-0.4, -0.2) is 10.8 Å². The van der Waals surface area contributed by atoms with Crippen molar-refractivity contribution in [3.63, 3.8) is 0 Å². The lowest BCUT2D eigenvalue weighted by Gasteiger charge is -2.06. The minimum absolute atomic E-state index is 0.174. The fourth-order valence-corrected chi connectivity index (χ4v) is 2.10. The van der Waals surface area contributed by atoms with Gasteiger partial charge in [-0.3, -0.25) is 9.78 Å². The van der Waals surface area contributed by atoms with Crippen molar-refractivity contribution in [3.05, 3.63) is 41.2 Å². The molecule has 84 valence electrons. The van der Waals surface area contributed by atoms with E-state index >= 15 is 0 Å². The number of allylic oxidation sites excluding steroid dienone is 2. The lowest BCUT2D eigenvalue weighted by Crippen LogP contribution is -2.05. The lowest BCUT2D eigenvalue weighted by molar-refractivity contribution is 0.102. The Morgan fingerprint density at radius 2 is 2.19 bits per heavy atom. The van der Waals surface area contributed by atoms with Crippen molar-refractivity contribution in [2.24, 2.45) is 0 Å². The van der Waals surface area contributed by atoms with Crippen molar-refractivity contribution >= 4 is 5.78 Å². The zero-order valence-corrected chi connectivity index (χ0v) is 9.70. The normalized spacial score (nSPS) is 16.4. The van der Waals surface area contributed by atoms with Gasteiger partial charge in [0.25, 0.3) is 0 Å². The molecule has 0 aliphatic heterocycles. The number of aryl methyl sites for hydroxylation is 1. The monoisotopic (exact) mass is 215 g/mol. The number of carbonyl (C=O) groups is 1. The average molecular weight is 215 g/mol. The van der Waals surface area contributed by atoms with Crippen LogP contribution in [0.15, 0.2) is 30.1 Å². The largest absolute Gasteiger partial charge is 0.289 e. The van der Waals surface area contributed by atoms with E-state index in [9.17, 15) is 4.79 Å². The van der Waals surface area contributed by atoms with Gasteiger partial charge in [0.15, 0.2) is 5.78 Å². The maximum absolute atomic E-state index is 12.3. The highest BCUT2D eigenvalue weighted by Crippen LogP contribution is 2.21. The minimum atomic E-state index is 0.174. The molecule has 1 aromatic rings. The molecule has 0 amide bonds. The fourth-order valence-electron chi connectivity index (χ4n) is 2.10. The highest BCUT2D eigenvalue weighted by Gasteiger charge is 2.15. The van der Waals surface area contributed by atoms with Gasteiger partial charge in [-0.25, -0.2) is 0 Å². The molecule has 2 heteroatoms. The van der Waals surface area contributed by atoms with Gasteiger partial charge >= 0.3 is 0 Å². The van der Waals surface area contributed by atoms with Crippen molar-refractivity contribution in [1.29, 1.82) is 0 Å². The predicted octanol–water partition coefficient (Wildman–Crippen LogP) is 3.46. The second-order valence-electron chi connectivity index (χ2n) is 4.35. The molecule has 16 heavy (non-hydrogen) atoms. The molecule has 0 saturated heterocycles. The summed E-state index contributed by atoms with van der Waals surface area (Å²) >= 11 is 0. The molecule has 2 rings (SSSR count). The first kappa shape index (κ1) is 11.1. The van der Waals surface area contributed by atoms with E-state index in [-0.39, 0.29) is 5.78 Å². The smallest absolute Gasteiger partial charge is 0.190 e. The summed E-state index contributed by atoms with van der Waals surface area (Å²) < 4.78 is 0. The van der Waals surface area contributed by atoms with Crippen LogP contribution in [0.5, 0.6) is 0 Å². The van der Waals surface area contributed by atoms with E-state index in [1.54, 1.807) is 12.4 Å². The molecule has 0 aromatic carbocycles. The summed E-state index contributed by atoms with van der Waals surface area (Å²) in [7, 11) is 0. The number of rotatable bonds is 2. The van der Waals surface area contributed by atoms with Gasteiger partial charge in [0, 0.05) is 18.0 Å². The van der Waals surface area contributed by atoms with E-state index in [0.29, 0.717) is 0 Å². The maximum Gasteiger partial charge on any atom is 0.190 e. The average Bonchev–Trinajstić information content (AvgIpc) is 2.57. The second-order valence-corrected chi connectivity index (χ2v) is 4.35. The molecule has 1 heterocycles. The fraction of sp³-hybridized carbons (Fsp3) is 0.429. The SMILES string of the molecule is Cc1ccncc1C(=O)C1=CCCCCC1. The number of aromatic nitrogens is 1. The van der Waals surface area contributed by atoms with Gasteiger partial charge in [0.1, 0.15) is 0 Å². The van der Waals surface area contributed by atoms with E-state index in [4.69, 9.17) is 0 Å². The molecule has 0 radical (unpaired) electrons. The molecule has 2 nitrogen and oxygen atoms in total. The Balaban J connectivity index is 2.24. The van der Waals surface area contributed by atoms with Crippen molar-refractivity contribution in [2.75, 3.05) is 0 Å². The van der Waals surface area contributed by atoms with Gasteiger partial charge in [-0.1, -0.05) is 12.5 Å². The molecule has 1 aliphatic carbocycles. The lowest BCUT2D eigenvalue weighted by atomic mass is 9.98. The van der Waals surface area contributed by atoms with E-state index < -0.39 is 0 Å². The molecular formula is C14H17NO. The van der Waals surface area contributed by atoms with Gasteiger partial charge in [0.2, 0.25) is 0 Å². The van der Waals surface area contributed by atoms with Crippen molar-refractivity contribution in [1.82, 2.24) is 4.98 Å². The molecule has 0 unspecified atom stereocenters. The summed E-state index contributed by atoms with van der Waals surface area (Å²) in [6, 6.07) is 1.89. The highest BCUT2D eigenvalue weighted by molar-refractivity contribution is 6.09. The van der Waals surface area contributed by atoms with Gasteiger partial charge in [-0.15, -0.1) is 0 Å². The van der Waals surface area contributed by atoms with Crippen LogP contribution in [0.4, 0.5) is 0 Å². The Labute approximate surface area is 96.4 Å².